The van der Waals surface area contributed by atoms with Crippen LogP contribution in [0.25, 0.3) is 6.08 Å². The fourth-order valence-electron chi connectivity index (χ4n) is 4.01. The van der Waals surface area contributed by atoms with Crippen LogP contribution in [0.15, 0.2) is 54.6 Å². The molecule has 1 N–H and O–H groups in total. The van der Waals surface area contributed by atoms with E-state index in [0.717, 1.165) is 35.2 Å². The Morgan fingerprint density at radius 3 is 2.21 bits per heavy atom. The molecule has 1 heterocycles. The van der Waals surface area contributed by atoms with Gasteiger partial charge in [0.05, 0.1) is 5.92 Å². The summed E-state index contributed by atoms with van der Waals surface area (Å²) in [6.45, 7) is 4.76. The number of piperidine rings is 1. The summed E-state index contributed by atoms with van der Waals surface area (Å²) in [4.78, 5) is 39.0. The van der Waals surface area contributed by atoms with E-state index in [4.69, 9.17) is 4.74 Å². The van der Waals surface area contributed by atoms with Crippen LogP contribution in [-0.4, -0.2) is 42.4 Å². The number of carbonyl (C=O) groups excluding carboxylic acids is 3. The van der Waals surface area contributed by atoms with Crippen molar-refractivity contribution >= 4 is 29.5 Å². The minimum atomic E-state index is -0.378. The zero-order valence-corrected chi connectivity index (χ0v) is 19.4. The number of nitrogens with zero attached hydrogens (tertiary/aromatic N) is 1. The Balaban J connectivity index is 1.44. The summed E-state index contributed by atoms with van der Waals surface area (Å²) in [7, 11) is 0. The van der Waals surface area contributed by atoms with Gasteiger partial charge in [0.25, 0.3) is 5.91 Å². The highest BCUT2D eigenvalue weighted by Gasteiger charge is 2.28. The van der Waals surface area contributed by atoms with Gasteiger partial charge in [0.15, 0.2) is 6.61 Å². The maximum absolute atomic E-state index is 12.5. The minimum absolute atomic E-state index is 0.0636. The predicted octanol–water partition coefficient (Wildman–Crippen LogP) is 4.25. The van der Waals surface area contributed by atoms with Crippen molar-refractivity contribution in [1.29, 1.82) is 0 Å². The second-order valence-electron chi connectivity index (χ2n) is 8.16. The van der Waals surface area contributed by atoms with Crippen molar-refractivity contribution in [1.82, 2.24) is 4.90 Å². The van der Waals surface area contributed by atoms with Crippen molar-refractivity contribution in [2.24, 2.45) is 5.92 Å². The molecule has 0 aliphatic carbocycles. The first-order valence-corrected chi connectivity index (χ1v) is 11.6. The Morgan fingerprint density at radius 2 is 1.61 bits per heavy atom. The first kappa shape index (κ1) is 24.2. The van der Waals surface area contributed by atoms with E-state index in [1.807, 2.05) is 62.4 Å². The lowest BCUT2D eigenvalue weighted by atomic mass is 9.97. The first-order chi connectivity index (χ1) is 16.0. The van der Waals surface area contributed by atoms with E-state index >= 15 is 0 Å². The summed E-state index contributed by atoms with van der Waals surface area (Å²) in [6, 6.07) is 15.6. The van der Waals surface area contributed by atoms with Crippen LogP contribution in [0, 0.1) is 5.92 Å². The molecule has 0 spiro atoms. The standard InChI is InChI=1S/C27H32N2O4/c1-3-21-11-8-12-22(4-2)26(21)28-24(30)19-33-27(32)23-15-17-29(18-16-23)25(31)14-13-20-9-6-5-7-10-20/h5-14,23H,3-4,15-19H2,1-2H3,(H,28,30)/b14-13+. The summed E-state index contributed by atoms with van der Waals surface area (Å²) in [5.74, 6) is -1.07. The Kier molecular flexibility index (Phi) is 8.81. The number of benzene rings is 2. The lowest BCUT2D eigenvalue weighted by molar-refractivity contribution is -0.153. The average molecular weight is 449 g/mol. The summed E-state index contributed by atoms with van der Waals surface area (Å²) in [6.07, 6.45) is 6.04. The molecule has 2 aromatic carbocycles. The van der Waals surface area contributed by atoms with E-state index in [0.29, 0.717) is 25.9 Å². The quantitative estimate of drug-likeness (QED) is 0.484. The molecule has 0 radical (unpaired) electrons. The molecule has 1 saturated heterocycles. The van der Waals surface area contributed by atoms with E-state index in [9.17, 15) is 14.4 Å². The van der Waals surface area contributed by atoms with Gasteiger partial charge in [-0.25, -0.2) is 0 Å². The van der Waals surface area contributed by atoms with E-state index in [1.54, 1.807) is 17.1 Å². The van der Waals surface area contributed by atoms with Crippen LogP contribution in [-0.2, 0) is 32.0 Å². The predicted molar refractivity (Wildman–Crippen MR) is 130 cm³/mol. The van der Waals surface area contributed by atoms with Crippen molar-refractivity contribution in [2.45, 2.75) is 39.5 Å². The molecule has 2 amide bonds. The van der Waals surface area contributed by atoms with Crippen molar-refractivity contribution in [2.75, 3.05) is 25.0 Å². The van der Waals surface area contributed by atoms with Gasteiger partial charge in [0.2, 0.25) is 5.91 Å². The van der Waals surface area contributed by atoms with Gasteiger partial charge in [-0.15, -0.1) is 0 Å². The van der Waals surface area contributed by atoms with Crippen molar-refractivity contribution in [3.05, 3.63) is 71.3 Å². The zero-order valence-electron chi connectivity index (χ0n) is 19.4. The number of ether oxygens (including phenoxy) is 1. The van der Waals surface area contributed by atoms with Gasteiger partial charge in [0, 0.05) is 24.9 Å². The number of hydrogen-bond acceptors (Lipinski definition) is 4. The normalized spacial score (nSPS) is 14.3. The van der Waals surface area contributed by atoms with Crippen LogP contribution in [0.2, 0.25) is 0 Å². The third-order valence-electron chi connectivity index (χ3n) is 5.97. The monoisotopic (exact) mass is 448 g/mol. The zero-order chi connectivity index (χ0) is 23.6. The number of rotatable bonds is 8. The SMILES string of the molecule is CCc1cccc(CC)c1NC(=O)COC(=O)C1CCN(C(=O)/C=C/c2ccccc2)CC1. The van der Waals surface area contributed by atoms with Crippen LogP contribution in [0.4, 0.5) is 5.69 Å². The third-order valence-corrected chi connectivity index (χ3v) is 5.97. The number of amides is 2. The largest absolute Gasteiger partial charge is 0.455 e. The molecule has 1 fully saturated rings. The van der Waals surface area contributed by atoms with Gasteiger partial charge in [-0.1, -0.05) is 62.4 Å². The number of esters is 1. The number of likely N-dealkylation sites (tertiary alicyclic amines) is 1. The number of anilines is 1. The molecular weight excluding hydrogens is 416 g/mol. The molecule has 6 heteroatoms. The maximum Gasteiger partial charge on any atom is 0.309 e. The molecule has 0 atom stereocenters. The highest BCUT2D eigenvalue weighted by atomic mass is 16.5. The second kappa shape index (κ2) is 12.0. The maximum atomic E-state index is 12.5. The van der Waals surface area contributed by atoms with E-state index in [1.165, 1.54) is 0 Å². The van der Waals surface area contributed by atoms with Crippen LogP contribution >= 0.6 is 0 Å². The third kappa shape index (κ3) is 6.78. The van der Waals surface area contributed by atoms with Gasteiger partial charge in [-0.2, -0.15) is 0 Å². The summed E-state index contributed by atoms with van der Waals surface area (Å²) < 4.78 is 5.30. The highest BCUT2D eigenvalue weighted by Crippen LogP contribution is 2.23. The molecule has 0 unspecified atom stereocenters. The molecule has 0 aromatic heterocycles. The number of nitrogens with one attached hydrogen (secondary N) is 1. The van der Waals surface area contributed by atoms with Crippen LogP contribution in [0.3, 0.4) is 0 Å². The highest BCUT2D eigenvalue weighted by molar-refractivity contribution is 5.94. The van der Waals surface area contributed by atoms with Gasteiger partial charge in [-0.3, -0.25) is 14.4 Å². The molecule has 0 saturated carbocycles. The fourth-order valence-corrected chi connectivity index (χ4v) is 4.01. The lowest BCUT2D eigenvalue weighted by Crippen LogP contribution is -2.40. The number of aryl methyl sites for hydroxylation is 2. The van der Waals surface area contributed by atoms with E-state index in [-0.39, 0.29) is 30.3 Å². The Bertz CT molecular complexity index is 970. The number of para-hydroxylation sites is 1. The van der Waals surface area contributed by atoms with Crippen LogP contribution < -0.4 is 5.32 Å². The average Bonchev–Trinajstić information content (AvgIpc) is 2.86. The molecule has 3 rings (SSSR count). The molecule has 1 aliphatic rings. The Hall–Kier alpha value is -3.41. The first-order valence-electron chi connectivity index (χ1n) is 11.6. The smallest absolute Gasteiger partial charge is 0.309 e. The molecule has 1 aliphatic heterocycles. The van der Waals surface area contributed by atoms with E-state index < -0.39 is 0 Å². The molecule has 2 aromatic rings. The lowest BCUT2D eigenvalue weighted by Gasteiger charge is -2.30. The van der Waals surface area contributed by atoms with Crippen LogP contribution in [0.1, 0.15) is 43.4 Å². The number of carbonyl (C=O) groups is 3. The topological polar surface area (TPSA) is 75.7 Å². The molecule has 0 bridgehead atoms. The van der Waals surface area contributed by atoms with Gasteiger partial charge in [0.1, 0.15) is 0 Å². The summed E-state index contributed by atoms with van der Waals surface area (Å²) in [5, 5.41) is 2.91. The summed E-state index contributed by atoms with van der Waals surface area (Å²) >= 11 is 0. The van der Waals surface area contributed by atoms with Crippen molar-refractivity contribution in [3.8, 4) is 0 Å². The number of hydrogen-bond donors (Lipinski definition) is 1. The van der Waals surface area contributed by atoms with Crippen molar-refractivity contribution < 1.29 is 19.1 Å². The Labute approximate surface area is 195 Å². The molecule has 6 nitrogen and oxygen atoms in total. The molecular formula is C27H32N2O4. The van der Waals surface area contributed by atoms with Gasteiger partial charge >= 0.3 is 5.97 Å². The minimum Gasteiger partial charge on any atom is -0.455 e. The van der Waals surface area contributed by atoms with Crippen LogP contribution in [0.5, 0.6) is 0 Å². The second-order valence-corrected chi connectivity index (χ2v) is 8.16. The Morgan fingerprint density at radius 1 is 0.970 bits per heavy atom. The van der Waals surface area contributed by atoms with Gasteiger partial charge in [-0.05, 0) is 48.4 Å². The van der Waals surface area contributed by atoms with Crippen molar-refractivity contribution in [3.63, 3.8) is 0 Å². The fraction of sp³-hybridized carbons (Fsp3) is 0.370. The van der Waals surface area contributed by atoms with E-state index in [2.05, 4.69) is 5.32 Å². The molecule has 174 valence electrons. The summed E-state index contributed by atoms with van der Waals surface area (Å²) in [5.41, 5.74) is 3.91. The van der Waals surface area contributed by atoms with Gasteiger partial charge < -0.3 is 15.0 Å². The molecule has 33 heavy (non-hydrogen) atoms.